The summed E-state index contributed by atoms with van der Waals surface area (Å²) < 4.78 is 5.43. The van der Waals surface area contributed by atoms with Crippen LogP contribution in [-0.4, -0.2) is 59.3 Å². The molecule has 0 bridgehead atoms. The molecule has 0 saturated carbocycles. The monoisotopic (exact) mass is 552 g/mol. The van der Waals surface area contributed by atoms with Gasteiger partial charge in [0.15, 0.2) is 0 Å². The third kappa shape index (κ3) is 12.8. The fraction of sp³-hybridized carbons (Fsp3) is 0.387. The highest BCUT2D eigenvalue weighted by molar-refractivity contribution is 7.98. The molecule has 0 aromatic heterocycles. The molecule has 7 nitrogen and oxygen atoms in total. The predicted molar refractivity (Wildman–Crippen MR) is 157 cm³/mol. The lowest BCUT2D eigenvalue weighted by molar-refractivity contribution is -0.145. The summed E-state index contributed by atoms with van der Waals surface area (Å²) in [6.45, 7) is 7.78. The number of amides is 2. The fourth-order valence-corrected chi connectivity index (χ4v) is 4.88. The first-order valence-corrected chi connectivity index (χ1v) is 14.3. The van der Waals surface area contributed by atoms with Gasteiger partial charge in [0.25, 0.3) is 0 Å². The van der Waals surface area contributed by atoms with Gasteiger partial charge in [-0.1, -0.05) is 72.8 Å². The Bertz CT molecular complexity index is 1030. The lowest BCUT2D eigenvalue weighted by atomic mass is 9.98. The van der Waals surface area contributed by atoms with E-state index >= 15 is 0 Å². The molecule has 0 aliphatic heterocycles. The van der Waals surface area contributed by atoms with Crippen molar-refractivity contribution in [3.05, 3.63) is 97.1 Å². The normalized spacial score (nSPS) is 12.1. The lowest BCUT2D eigenvalue weighted by Crippen LogP contribution is -2.45. The summed E-state index contributed by atoms with van der Waals surface area (Å²) in [5.74, 6) is -0.206. The van der Waals surface area contributed by atoms with Crippen molar-refractivity contribution in [3.63, 3.8) is 0 Å². The molecular weight excluding hydrogens is 512 g/mol. The van der Waals surface area contributed by atoms with Gasteiger partial charge < -0.3 is 20.1 Å². The predicted octanol–water partition coefficient (Wildman–Crippen LogP) is 4.52. The van der Waals surface area contributed by atoms with E-state index in [1.54, 1.807) is 28.8 Å². The molecule has 2 amide bonds. The number of nitrogens with one attached hydrogen (secondary N) is 1. The SMILES string of the molecule is C=CCCC(=O)OCC(CSCc1ccccc1)NC(=O)C(CC=C)CC(=O)N(CCO)Cc1ccccc1. The molecule has 2 aromatic carbocycles. The molecule has 39 heavy (non-hydrogen) atoms. The van der Waals surface area contributed by atoms with Crippen LogP contribution in [0.4, 0.5) is 0 Å². The Kier molecular flexibility index (Phi) is 15.4. The van der Waals surface area contributed by atoms with Crippen LogP contribution in [0.2, 0.25) is 0 Å². The topological polar surface area (TPSA) is 95.9 Å². The number of benzene rings is 2. The van der Waals surface area contributed by atoms with Crippen molar-refractivity contribution < 1.29 is 24.2 Å². The summed E-state index contributed by atoms with van der Waals surface area (Å²) in [4.78, 5) is 40.1. The van der Waals surface area contributed by atoms with Crippen molar-refractivity contribution >= 4 is 29.5 Å². The van der Waals surface area contributed by atoms with Gasteiger partial charge in [0, 0.05) is 37.4 Å². The van der Waals surface area contributed by atoms with Crippen LogP contribution >= 0.6 is 11.8 Å². The van der Waals surface area contributed by atoms with E-state index in [0.29, 0.717) is 25.1 Å². The highest BCUT2D eigenvalue weighted by atomic mass is 32.2. The third-order valence-electron chi connectivity index (χ3n) is 5.96. The molecule has 2 aromatic rings. The van der Waals surface area contributed by atoms with Crippen molar-refractivity contribution in [2.45, 2.75) is 44.0 Å². The number of aliphatic hydroxyl groups excluding tert-OH is 1. The van der Waals surface area contributed by atoms with E-state index in [1.807, 2.05) is 60.7 Å². The standard InChI is InChI=1S/C31H40N2O5S/c1-3-5-17-30(36)38-22-28(24-39-23-26-15-10-7-11-16-26)32-31(37)27(12-4-2)20-29(35)33(18-19-34)21-25-13-8-6-9-14-25/h3-4,6-11,13-16,27-28,34H,1-2,5,12,17-24H2,(H,32,37). The number of hydrogen-bond donors (Lipinski definition) is 2. The van der Waals surface area contributed by atoms with Gasteiger partial charge in [-0.15, -0.1) is 13.2 Å². The number of hydrogen-bond acceptors (Lipinski definition) is 6. The second kappa shape index (κ2) is 18.8. The van der Waals surface area contributed by atoms with Crippen LogP contribution in [0.3, 0.4) is 0 Å². The number of carbonyl (C=O) groups is 3. The number of ether oxygens (including phenoxy) is 1. The Morgan fingerprint density at radius 3 is 2.28 bits per heavy atom. The van der Waals surface area contributed by atoms with Crippen LogP contribution < -0.4 is 5.32 Å². The number of carbonyl (C=O) groups excluding carboxylic acids is 3. The molecule has 0 spiro atoms. The van der Waals surface area contributed by atoms with E-state index in [2.05, 4.69) is 18.5 Å². The summed E-state index contributed by atoms with van der Waals surface area (Å²) in [5.41, 5.74) is 2.10. The minimum Gasteiger partial charge on any atom is -0.463 e. The molecule has 0 radical (unpaired) electrons. The smallest absolute Gasteiger partial charge is 0.306 e. The van der Waals surface area contributed by atoms with Crippen LogP contribution in [0.25, 0.3) is 0 Å². The van der Waals surface area contributed by atoms with Gasteiger partial charge >= 0.3 is 5.97 Å². The summed E-state index contributed by atoms with van der Waals surface area (Å²) in [6, 6.07) is 19.1. The van der Waals surface area contributed by atoms with Gasteiger partial charge in [-0.2, -0.15) is 11.8 Å². The van der Waals surface area contributed by atoms with Crippen molar-refractivity contribution in [3.8, 4) is 0 Å². The number of nitrogens with zero attached hydrogens (tertiary/aromatic N) is 1. The summed E-state index contributed by atoms with van der Waals surface area (Å²) in [6.07, 6.45) is 4.34. The summed E-state index contributed by atoms with van der Waals surface area (Å²) in [7, 11) is 0. The average Bonchev–Trinajstić information content (AvgIpc) is 2.95. The van der Waals surface area contributed by atoms with Crippen LogP contribution in [-0.2, 0) is 31.4 Å². The fourth-order valence-electron chi connectivity index (χ4n) is 3.87. The van der Waals surface area contributed by atoms with E-state index in [-0.39, 0.29) is 50.4 Å². The quantitative estimate of drug-likeness (QED) is 0.197. The molecule has 0 aliphatic carbocycles. The Morgan fingerprint density at radius 2 is 1.67 bits per heavy atom. The van der Waals surface area contributed by atoms with Crippen molar-refractivity contribution in [1.82, 2.24) is 10.2 Å². The maximum Gasteiger partial charge on any atom is 0.306 e. The minimum atomic E-state index is -0.634. The molecule has 2 atom stereocenters. The number of thioether (sulfide) groups is 1. The van der Waals surface area contributed by atoms with Gasteiger partial charge in [0.1, 0.15) is 6.61 Å². The Balaban J connectivity index is 2.04. The molecule has 0 saturated heterocycles. The minimum absolute atomic E-state index is 0.0202. The van der Waals surface area contributed by atoms with Crippen molar-refractivity contribution in [2.24, 2.45) is 5.92 Å². The largest absolute Gasteiger partial charge is 0.463 e. The van der Waals surface area contributed by atoms with Crippen LogP contribution in [0.1, 0.15) is 36.8 Å². The van der Waals surface area contributed by atoms with Crippen molar-refractivity contribution in [2.75, 3.05) is 25.5 Å². The van der Waals surface area contributed by atoms with Crippen LogP contribution in [0.15, 0.2) is 86.0 Å². The Morgan fingerprint density at radius 1 is 1.00 bits per heavy atom. The molecule has 8 heteroatoms. The molecular formula is C31H40N2O5S. The van der Waals surface area contributed by atoms with Gasteiger partial charge in [-0.05, 0) is 24.0 Å². The van der Waals surface area contributed by atoms with Gasteiger partial charge in [0.2, 0.25) is 11.8 Å². The second-order valence-electron chi connectivity index (χ2n) is 9.17. The van der Waals surface area contributed by atoms with E-state index in [0.717, 1.165) is 16.9 Å². The zero-order valence-electron chi connectivity index (χ0n) is 22.5. The molecule has 2 rings (SSSR count). The van der Waals surface area contributed by atoms with E-state index in [9.17, 15) is 19.5 Å². The molecule has 0 aliphatic rings. The Hall–Kier alpha value is -3.36. The van der Waals surface area contributed by atoms with Crippen molar-refractivity contribution in [1.29, 1.82) is 0 Å². The van der Waals surface area contributed by atoms with Gasteiger partial charge in [0.05, 0.1) is 18.6 Å². The summed E-state index contributed by atoms with van der Waals surface area (Å²) in [5, 5.41) is 12.5. The number of allylic oxidation sites excluding steroid dienone is 2. The first-order valence-electron chi connectivity index (χ1n) is 13.2. The highest BCUT2D eigenvalue weighted by Crippen LogP contribution is 2.17. The first kappa shape index (κ1) is 31.9. The number of rotatable bonds is 19. The summed E-state index contributed by atoms with van der Waals surface area (Å²) >= 11 is 1.63. The lowest BCUT2D eigenvalue weighted by Gasteiger charge is -2.26. The Labute approximate surface area is 236 Å². The number of aliphatic hydroxyl groups is 1. The average molecular weight is 553 g/mol. The number of esters is 1. The molecule has 0 heterocycles. The van der Waals surface area contributed by atoms with E-state index in [1.165, 1.54) is 0 Å². The highest BCUT2D eigenvalue weighted by Gasteiger charge is 2.26. The molecule has 210 valence electrons. The van der Waals surface area contributed by atoms with E-state index < -0.39 is 12.0 Å². The first-order chi connectivity index (χ1) is 19.0. The maximum atomic E-state index is 13.3. The second-order valence-corrected chi connectivity index (χ2v) is 10.2. The zero-order chi connectivity index (χ0) is 28.3. The molecule has 0 fully saturated rings. The zero-order valence-corrected chi connectivity index (χ0v) is 23.3. The third-order valence-corrected chi connectivity index (χ3v) is 7.13. The van der Waals surface area contributed by atoms with Gasteiger partial charge in [-0.25, -0.2) is 0 Å². The van der Waals surface area contributed by atoms with Crippen LogP contribution in [0, 0.1) is 5.92 Å². The molecule has 2 N–H and O–H groups in total. The van der Waals surface area contributed by atoms with Gasteiger partial charge in [-0.3, -0.25) is 14.4 Å². The van der Waals surface area contributed by atoms with E-state index in [4.69, 9.17) is 4.74 Å². The molecule has 2 unspecified atom stereocenters. The maximum absolute atomic E-state index is 13.3. The van der Waals surface area contributed by atoms with Crippen LogP contribution in [0.5, 0.6) is 0 Å².